The van der Waals surface area contributed by atoms with Gasteiger partial charge in [0.2, 0.25) is 6.54 Å². The van der Waals surface area contributed by atoms with Crippen molar-refractivity contribution in [3.8, 4) is 0 Å². The molecule has 126 valence electrons. The summed E-state index contributed by atoms with van der Waals surface area (Å²) in [6.45, 7) is 7.74. The Morgan fingerprint density at radius 3 is 1.88 bits per heavy atom. The van der Waals surface area contributed by atoms with Gasteiger partial charge < -0.3 is 4.43 Å². The molecule has 0 fully saturated rings. The number of hydrogen-bond donors (Lipinski definition) is 0. The zero-order valence-electron chi connectivity index (χ0n) is 14.1. The van der Waals surface area contributed by atoms with Gasteiger partial charge in [-0.05, 0) is 16.3 Å². The number of nitrogens with zero attached hydrogens (tertiary/aromatic N) is 1. The Morgan fingerprint density at radius 1 is 1.08 bits per heavy atom. The topological polar surface area (TPSA) is 52.4 Å². The van der Waals surface area contributed by atoms with Crippen LogP contribution in [-0.4, -0.2) is 25.9 Å². The highest BCUT2D eigenvalue weighted by molar-refractivity contribution is 7.01. The van der Waals surface area contributed by atoms with Crippen LogP contribution in [-0.2, 0) is 4.43 Å². The van der Waals surface area contributed by atoms with Crippen LogP contribution in [0.1, 0.15) is 13.8 Å². The zero-order valence-corrected chi connectivity index (χ0v) is 15.1. The van der Waals surface area contributed by atoms with Crippen molar-refractivity contribution in [2.24, 2.45) is 5.92 Å². The van der Waals surface area contributed by atoms with Gasteiger partial charge in [0.1, 0.15) is 6.10 Å². The molecular weight excluding hydrogens is 318 g/mol. The van der Waals surface area contributed by atoms with Crippen molar-refractivity contribution < 1.29 is 9.35 Å². The smallest absolute Gasteiger partial charge is 0.281 e. The molecule has 0 saturated carbocycles. The molecule has 5 heteroatoms. The summed E-state index contributed by atoms with van der Waals surface area (Å²) in [5.41, 5.74) is 1.87. The number of rotatable bonds is 8. The lowest BCUT2D eigenvalue weighted by Gasteiger charge is -2.33. The molecule has 0 amide bonds. The Bertz CT molecular complexity index is 634. The highest BCUT2D eigenvalue weighted by atomic mass is 28.4. The fourth-order valence-electron chi connectivity index (χ4n) is 2.73. The third-order valence-electron chi connectivity index (χ3n) is 4.10. The Balaban J connectivity index is 2.54. The summed E-state index contributed by atoms with van der Waals surface area (Å²) in [5.74, 6) is 0.0367. The lowest BCUT2D eigenvalue weighted by molar-refractivity contribution is -0.490. The SMILES string of the molecule is C=C[Si](OC(C[N+](=O)[O-])C(C)C)(c1ccccc1)c1ccccc1. The summed E-state index contributed by atoms with van der Waals surface area (Å²) in [5, 5.41) is 13.2. The van der Waals surface area contributed by atoms with E-state index in [1.54, 1.807) is 0 Å². The Hall–Kier alpha value is -2.24. The minimum Gasteiger partial charge on any atom is -0.395 e. The molecule has 0 aromatic heterocycles. The second kappa shape index (κ2) is 8.03. The first-order valence-corrected chi connectivity index (χ1v) is 10.0. The quantitative estimate of drug-likeness (QED) is 0.421. The summed E-state index contributed by atoms with van der Waals surface area (Å²) >= 11 is 0. The molecule has 4 nitrogen and oxygen atoms in total. The van der Waals surface area contributed by atoms with Gasteiger partial charge in [-0.3, -0.25) is 10.1 Å². The van der Waals surface area contributed by atoms with E-state index in [0.29, 0.717) is 0 Å². The highest BCUT2D eigenvalue weighted by Crippen LogP contribution is 2.17. The van der Waals surface area contributed by atoms with Crippen molar-refractivity contribution in [2.75, 3.05) is 6.54 Å². The summed E-state index contributed by atoms with van der Waals surface area (Å²) in [4.78, 5) is 10.8. The van der Waals surface area contributed by atoms with Gasteiger partial charge in [0, 0.05) is 4.92 Å². The summed E-state index contributed by atoms with van der Waals surface area (Å²) in [6.07, 6.45) is -0.468. The third-order valence-corrected chi connectivity index (χ3v) is 7.73. The molecule has 2 aromatic carbocycles. The normalized spacial score (nSPS) is 12.8. The van der Waals surface area contributed by atoms with Crippen molar-refractivity contribution >= 4 is 18.7 Å². The van der Waals surface area contributed by atoms with Gasteiger partial charge in [0.25, 0.3) is 8.32 Å². The van der Waals surface area contributed by atoms with Gasteiger partial charge in [-0.2, -0.15) is 0 Å². The molecule has 0 aliphatic rings. The standard InChI is InChI=1S/C19H23NO3Si/c1-4-24(17-11-7-5-8-12-17,18-13-9-6-10-14-18)23-19(16(2)3)15-20(21)22/h4-14,16,19H,1,15H2,2-3H3. The zero-order chi connectivity index (χ0) is 17.6. The molecule has 2 rings (SSSR count). The van der Waals surface area contributed by atoms with Crippen LogP contribution in [0.3, 0.4) is 0 Å². The predicted octanol–water partition coefficient (Wildman–Crippen LogP) is 2.79. The van der Waals surface area contributed by atoms with E-state index in [0.717, 1.165) is 10.4 Å². The second-order valence-corrected chi connectivity index (χ2v) is 9.36. The van der Waals surface area contributed by atoms with Crippen LogP contribution in [0, 0.1) is 16.0 Å². The average Bonchev–Trinajstić information content (AvgIpc) is 2.60. The summed E-state index contributed by atoms with van der Waals surface area (Å²) < 4.78 is 6.51. The van der Waals surface area contributed by atoms with Crippen LogP contribution in [0.4, 0.5) is 0 Å². The highest BCUT2D eigenvalue weighted by Gasteiger charge is 2.40. The molecule has 0 saturated heterocycles. The van der Waals surface area contributed by atoms with E-state index in [9.17, 15) is 10.1 Å². The van der Waals surface area contributed by atoms with E-state index in [1.807, 2.05) is 80.2 Å². The molecule has 1 atom stereocenters. The Morgan fingerprint density at radius 2 is 1.54 bits per heavy atom. The largest absolute Gasteiger partial charge is 0.395 e. The molecule has 0 spiro atoms. The fraction of sp³-hybridized carbons (Fsp3) is 0.263. The lowest BCUT2D eigenvalue weighted by Crippen LogP contribution is -2.62. The molecule has 0 heterocycles. The summed E-state index contributed by atoms with van der Waals surface area (Å²) in [6, 6.07) is 19.8. The molecule has 24 heavy (non-hydrogen) atoms. The fourth-order valence-corrected chi connectivity index (χ4v) is 6.10. The molecular formula is C19H23NO3Si. The van der Waals surface area contributed by atoms with E-state index < -0.39 is 14.4 Å². The average molecular weight is 341 g/mol. The van der Waals surface area contributed by atoms with Gasteiger partial charge >= 0.3 is 0 Å². The van der Waals surface area contributed by atoms with E-state index in [1.165, 1.54) is 0 Å². The van der Waals surface area contributed by atoms with E-state index in [2.05, 4.69) is 6.58 Å². The second-order valence-electron chi connectivity index (χ2n) is 6.09. The van der Waals surface area contributed by atoms with Crippen molar-refractivity contribution in [1.29, 1.82) is 0 Å². The first-order chi connectivity index (χ1) is 11.5. The van der Waals surface area contributed by atoms with E-state index in [4.69, 9.17) is 4.43 Å². The molecule has 0 radical (unpaired) electrons. The van der Waals surface area contributed by atoms with Crippen LogP contribution in [0.25, 0.3) is 0 Å². The van der Waals surface area contributed by atoms with Gasteiger partial charge in [0.15, 0.2) is 0 Å². The molecule has 2 aromatic rings. The maximum absolute atomic E-state index is 11.1. The minimum atomic E-state index is -2.75. The van der Waals surface area contributed by atoms with Gasteiger partial charge in [0.05, 0.1) is 0 Å². The van der Waals surface area contributed by atoms with Gasteiger partial charge in [-0.15, -0.1) is 6.58 Å². The van der Waals surface area contributed by atoms with Gasteiger partial charge in [-0.25, -0.2) is 0 Å². The number of hydrogen-bond acceptors (Lipinski definition) is 3. The molecule has 0 N–H and O–H groups in total. The predicted molar refractivity (Wildman–Crippen MR) is 99.7 cm³/mol. The Labute approximate surface area is 144 Å². The van der Waals surface area contributed by atoms with Crippen molar-refractivity contribution in [1.82, 2.24) is 0 Å². The monoisotopic (exact) mass is 341 g/mol. The minimum absolute atomic E-state index is 0.0367. The lowest BCUT2D eigenvalue weighted by atomic mass is 10.1. The maximum Gasteiger partial charge on any atom is 0.281 e. The third kappa shape index (κ3) is 3.99. The summed E-state index contributed by atoms with van der Waals surface area (Å²) in [7, 11) is -2.75. The van der Waals surface area contributed by atoms with Crippen molar-refractivity contribution in [2.45, 2.75) is 20.0 Å². The van der Waals surface area contributed by atoms with Crippen LogP contribution in [0.2, 0.25) is 0 Å². The molecule has 0 aliphatic heterocycles. The molecule has 1 unspecified atom stereocenters. The number of nitro groups is 1. The van der Waals surface area contributed by atoms with E-state index in [-0.39, 0.29) is 17.4 Å². The maximum atomic E-state index is 11.1. The van der Waals surface area contributed by atoms with Crippen molar-refractivity contribution in [3.63, 3.8) is 0 Å². The Kier molecular flexibility index (Phi) is 6.06. The molecule has 0 bridgehead atoms. The van der Waals surface area contributed by atoms with Crippen LogP contribution in [0.15, 0.2) is 72.9 Å². The number of benzene rings is 2. The van der Waals surface area contributed by atoms with E-state index >= 15 is 0 Å². The van der Waals surface area contributed by atoms with Gasteiger partial charge in [-0.1, -0.05) is 80.2 Å². The van der Waals surface area contributed by atoms with Crippen LogP contribution >= 0.6 is 0 Å². The van der Waals surface area contributed by atoms with Crippen molar-refractivity contribution in [3.05, 3.63) is 83.1 Å². The first kappa shape index (κ1) is 18.1. The molecule has 0 aliphatic carbocycles. The van der Waals surface area contributed by atoms with Crippen LogP contribution < -0.4 is 10.4 Å². The first-order valence-electron chi connectivity index (χ1n) is 8.04. The van der Waals surface area contributed by atoms with Crippen LogP contribution in [0.5, 0.6) is 0 Å².